The smallest absolute Gasteiger partial charge is 0.432 e. The van der Waals surface area contributed by atoms with Crippen LogP contribution in [0.1, 0.15) is 25.3 Å². The molecule has 0 atom stereocenters. The number of methoxy groups -OCH3 is 1. The highest BCUT2D eigenvalue weighted by atomic mass is 16.5. The first-order valence-electron chi connectivity index (χ1n) is 4.52. The summed E-state index contributed by atoms with van der Waals surface area (Å²) in [6.07, 6.45) is 0. The molecule has 0 aliphatic carbocycles. The summed E-state index contributed by atoms with van der Waals surface area (Å²) in [7, 11) is 0.960. The molecule has 0 saturated heterocycles. The second-order valence-electron chi connectivity index (χ2n) is 3.04. The van der Waals surface area contributed by atoms with Crippen LogP contribution < -0.4 is 4.74 Å². The van der Waals surface area contributed by atoms with Crippen LogP contribution in [-0.4, -0.2) is 24.8 Å². The Morgan fingerprint density at radius 3 is 2.07 bits per heavy atom. The molecule has 0 fully saturated rings. The van der Waals surface area contributed by atoms with E-state index >= 15 is 0 Å². The van der Waals surface area contributed by atoms with Gasteiger partial charge in [-0.05, 0) is 17.5 Å². The van der Waals surface area contributed by atoms with Crippen molar-refractivity contribution in [2.45, 2.75) is 19.8 Å². The van der Waals surface area contributed by atoms with Crippen molar-refractivity contribution in [1.29, 1.82) is 0 Å². The monoisotopic (exact) mass is 196 g/mol. The molecule has 1 aromatic rings. The van der Waals surface area contributed by atoms with Crippen molar-refractivity contribution in [2.75, 3.05) is 7.11 Å². The maximum Gasteiger partial charge on any atom is 0.432 e. The van der Waals surface area contributed by atoms with E-state index in [-0.39, 0.29) is 0 Å². The van der Waals surface area contributed by atoms with E-state index in [0.717, 1.165) is 5.75 Å². The SMILES string of the molecule is COc1ccccc1C(C)C.OBO. The van der Waals surface area contributed by atoms with Crippen LogP contribution in [0.2, 0.25) is 0 Å². The predicted octanol–water partition coefficient (Wildman–Crippen LogP) is 1.06. The summed E-state index contributed by atoms with van der Waals surface area (Å²) in [6, 6.07) is 8.13. The van der Waals surface area contributed by atoms with Crippen LogP contribution in [0.3, 0.4) is 0 Å². The van der Waals surface area contributed by atoms with Crippen LogP contribution in [-0.2, 0) is 0 Å². The summed E-state index contributed by atoms with van der Waals surface area (Å²) in [5, 5.41) is 14.2. The van der Waals surface area contributed by atoms with Gasteiger partial charge in [0.2, 0.25) is 0 Å². The number of hydrogen-bond donors (Lipinski definition) is 2. The maximum atomic E-state index is 7.12. The van der Waals surface area contributed by atoms with E-state index in [2.05, 4.69) is 19.9 Å². The number of benzene rings is 1. The molecule has 0 radical (unpaired) electrons. The molecule has 1 aromatic carbocycles. The first-order chi connectivity index (χ1) is 6.67. The van der Waals surface area contributed by atoms with Crippen molar-refractivity contribution >= 4 is 7.69 Å². The second-order valence-corrected chi connectivity index (χ2v) is 3.04. The van der Waals surface area contributed by atoms with Gasteiger partial charge in [-0.15, -0.1) is 0 Å². The highest BCUT2D eigenvalue weighted by Gasteiger charge is 2.03. The summed E-state index contributed by atoms with van der Waals surface area (Å²) < 4.78 is 5.21. The lowest BCUT2D eigenvalue weighted by Gasteiger charge is -2.10. The molecular weight excluding hydrogens is 179 g/mol. The fourth-order valence-corrected chi connectivity index (χ4v) is 1.14. The van der Waals surface area contributed by atoms with E-state index in [0.29, 0.717) is 5.92 Å². The third kappa shape index (κ3) is 4.30. The number of para-hydroxylation sites is 1. The molecule has 0 unspecified atom stereocenters. The topological polar surface area (TPSA) is 49.7 Å². The standard InChI is InChI=1S/C10H14O.BH3O2/c1-8(2)9-6-4-5-7-10(9)11-3;2-1-3/h4-8H,1-3H3;1-3H. The molecule has 0 heterocycles. The van der Waals surface area contributed by atoms with Crippen LogP contribution in [0.25, 0.3) is 0 Å². The average molecular weight is 196 g/mol. The van der Waals surface area contributed by atoms with Gasteiger partial charge < -0.3 is 14.8 Å². The van der Waals surface area contributed by atoms with Gasteiger partial charge >= 0.3 is 7.69 Å². The summed E-state index contributed by atoms with van der Waals surface area (Å²) in [5.41, 5.74) is 1.27. The largest absolute Gasteiger partial charge is 0.496 e. The van der Waals surface area contributed by atoms with E-state index in [1.54, 1.807) is 7.11 Å². The summed E-state index contributed by atoms with van der Waals surface area (Å²) in [6.45, 7) is 4.33. The van der Waals surface area contributed by atoms with Crippen molar-refractivity contribution in [3.8, 4) is 5.75 Å². The van der Waals surface area contributed by atoms with Gasteiger partial charge in [-0.3, -0.25) is 0 Å². The van der Waals surface area contributed by atoms with Gasteiger partial charge in [0.25, 0.3) is 0 Å². The molecule has 0 bridgehead atoms. The van der Waals surface area contributed by atoms with Gasteiger partial charge in [0.15, 0.2) is 0 Å². The van der Waals surface area contributed by atoms with E-state index in [1.165, 1.54) is 5.56 Å². The van der Waals surface area contributed by atoms with Crippen LogP contribution in [0, 0.1) is 0 Å². The first-order valence-corrected chi connectivity index (χ1v) is 4.52. The molecule has 2 N–H and O–H groups in total. The van der Waals surface area contributed by atoms with Crippen LogP contribution in [0.5, 0.6) is 5.75 Å². The minimum absolute atomic E-state index is 0.533. The molecule has 78 valence electrons. The Hall–Kier alpha value is -0.995. The summed E-state index contributed by atoms with van der Waals surface area (Å²) in [4.78, 5) is 0. The lowest BCUT2D eigenvalue weighted by Crippen LogP contribution is -1.92. The minimum atomic E-state index is -0.750. The van der Waals surface area contributed by atoms with Crippen molar-refractivity contribution in [2.24, 2.45) is 0 Å². The van der Waals surface area contributed by atoms with Crippen molar-refractivity contribution in [3.63, 3.8) is 0 Å². The van der Waals surface area contributed by atoms with Crippen LogP contribution in [0.4, 0.5) is 0 Å². The van der Waals surface area contributed by atoms with Crippen LogP contribution >= 0.6 is 0 Å². The highest BCUT2D eigenvalue weighted by Crippen LogP contribution is 2.24. The molecule has 3 nitrogen and oxygen atoms in total. The Morgan fingerprint density at radius 2 is 1.71 bits per heavy atom. The number of hydrogen-bond acceptors (Lipinski definition) is 3. The minimum Gasteiger partial charge on any atom is -0.496 e. The Morgan fingerprint density at radius 1 is 1.21 bits per heavy atom. The fourth-order valence-electron chi connectivity index (χ4n) is 1.14. The van der Waals surface area contributed by atoms with Crippen molar-refractivity contribution < 1.29 is 14.8 Å². The summed E-state index contributed by atoms with van der Waals surface area (Å²) in [5.74, 6) is 1.52. The van der Waals surface area contributed by atoms with Gasteiger partial charge in [-0.1, -0.05) is 32.0 Å². The predicted molar refractivity (Wildman–Crippen MR) is 58.7 cm³/mol. The van der Waals surface area contributed by atoms with Crippen molar-refractivity contribution in [1.82, 2.24) is 0 Å². The zero-order valence-corrected chi connectivity index (χ0v) is 8.90. The van der Waals surface area contributed by atoms with E-state index in [1.807, 2.05) is 18.2 Å². The van der Waals surface area contributed by atoms with E-state index < -0.39 is 7.69 Å². The third-order valence-corrected chi connectivity index (χ3v) is 1.76. The van der Waals surface area contributed by atoms with Crippen LogP contribution in [0.15, 0.2) is 24.3 Å². The van der Waals surface area contributed by atoms with Gasteiger partial charge in [0, 0.05) is 0 Å². The molecule has 14 heavy (non-hydrogen) atoms. The zero-order chi connectivity index (χ0) is 11.0. The molecule has 4 heteroatoms. The van der Waals surface area contributed by atoms with Gasteiger partial charge in [0.1, 0.15) is 5.75 Å². The van der Waals surface area contributed by atoms with Gasteiger partial charge in [-0.25, -0.2) is 0 Å². The molecule has 0 aromatic heterocycles. The highest BCUT2D eigenvalue weighted by molar-refractivity contribution is 6.13. The molecule has 0 aliphatic heterocycles. The normalized spacial score (nSPS) is 9.00. The van der Waals surface area contributed by atoms with E-state index in [4.69, 9.17) is 14.8 Å². The number of ether oxygens (including phenoxy) is 1. The quantitative estimate of drug-likeness (QED) is 0.695. The molecular formula is C10H17BO3. The molecule has 0 aliphatic rings. The number of rotatable bonds is 2. The lowest BCUT2D eigenvalue weighted by molar-refractivity contribution is 0.407. The molecule has 0 amide bonds. The third-order valence-electron chi connectivity index (χ3n) is 1.76. The first kappa shape index (κ1) is 13.0. The Labute approximate surface area is 85.7 Å². The van der Waals surface area contributed by atoms with Gasteiger partial charge in [-0.2, -0.15) is 0 Å². The Kier molecular flexibility index (Phi) is 6.89. The summed E-state index contributed by atoms with van der Waals surface area (Å²) >= 11 is 0. The Bertz CT molecular complexity index is 251. The molecule has 0 spiro atoms. The maximum absolute atomic E-state index is 7.12. The zero-order valence-electron chi connectivity index (χ0n) is 8.90. The molecule has 0 saturated carbocycles. The molecule has 1 rings (SSSR count). The average Bonchev–Trinajstić information content (AvgIpc) is 2.19. The van der Waals surface area contributed by atoms with Gasteiger partial charge in [0.05, 0.1) is 7.11 Å². The van der Waals surface area contributed by atoms with Crippen molar-refractivity contribution in [3.05, 3.63) is 29.8 Å². The van der Waals surface area contributed by atoms with E-state index in [9.17, 15) is 0 Å². The Balaban J connectivity index is 0.000000500. The second kappa shape index (κ2) is 7.41. The lowest BCUT2D eigenvalue weighted by atomic mass is 10.0. The fraction of sp³-hybridized carbons (Fsp3) is 0.400.